The highest BCUT2D eigenvalue weighted by Crippen LogP contribution is 2.46. The zero-order chi connectivity index (χ0) is 46.5. The lowest BCUT2D eigenvalue weighted by Gasteiger charge is -2.33. The Morgan fingerprint density at radius 3 is 2.38 bits per heavy atom. The van der Waals surface area contributed by atoms with Crippen molar-refractivity contribution in [2.45, 2.75) is 165 Å². The molecule has 4 amide bonds. The molecule has 1 unspecified atom stereocenters. The van der Waals surface area contributed by atoms with E-state index in [4.69, 9.17) is 9.84 Å². The molecule has 3 saturated heterocycles. The number of carbonyl (C=O) groups is 5. The standard InChI is InChI=1S/C36H49N5O7S.C13H23NO2/c1-3-26-19-36(26,34(44)38-49(46,47)28-13-14-28)37-32(42)30-18-27-21-41(30)33(43)31-23(2)15-17-39(31)16-8-6-4-5-7-10-24-11-9-12-25-20-40(22-29(24)25)35(45)48-27;1-3-4-5-6-7-9-14-10-8-11(2)12(14)13(15)16/h3,9,11-12,23,26-28,30-31H,1,4-8,10,13-22H2,2H3,(H,37,42)(H,38,44);3,11-12H,1,4-10H2,2H3,(H,15,16)/t23-,26+,27+,30-,31+,36+;11?,12-/m00/s1. The summed E-state index contributed by atoms with van der Waals surface area (Å²) in [6.45, 7) is 16.0. The molecule has 2 saturated carbocycles. The van der Waals surface area contributed by atoms with Crippen molar-refractivity contribution in [3.05, 3.63) is 60.2 Å². The summed E-state index contributed by atoms with van der Waals surface area (Å²) in [4.78, 5) is 74.3. The van der Waals surface area contributed by atoms with Crippen molar-refractivity contribution in [1.29, 1.82) is 0 Å². The van der Waals surface area contributed by atoms with Crippen LogP contribution in [0, 0.1) is 17.8 Å². The first-order chi connectivity index (χ1) is 31.2. The van der Waals surface area contributed by atoms with Crippen LogP contribution >= 0.6 is 0 Å². The van der Waals surface area contributed by atoms with Gasteiger partial charge in [0.05, 0.1) is 17.8 Å². The Hall–Kier alpha value is -4.28. The van der Waals surface area contributed by atoms with Gasteiger partial charge in [-0.1, -0.05) is 69.9 Å². The Kier molecular flexibility index (Phi) is 15.8. The molecule has 3 N–H and O–H groups in total. The molecule has 7 aliphatic rings. The van der Waals surface area contributed by atoms with Gasteiger partial charge in [0, 0.05) is 25.4 Å². The Morgan fingerprint density at radius 1 is 0.923 bits per heavy atom. The van der Waals surface area contributed by atoms with E-state index in [-0.39, 0.29) is 37.3 Å². The number of fused-ring (bicyclic) bond motifs is 4. The SMILES string of the molecule is C=CCCCCCN1CCC(C)[C@H]1C(=O)O.C=C[C@@H]1C[C@]1(NC(=O)[C@@H]1C[C@@H]2CN1C(=O)[C@H]1[C@@H](C)CCN1CCCCCCCc1cccc3c1CN(C3)C(=O)O2)C(=O)NS(=O)(=O)C1CC1. The largest absolute Gasteiger partial charge is 0.480 e. The van der Waals surface area contributed by atoms with Crippen molar-refractivity contribution in [3.8, 4) is 0 Å². The van der Waals surface area contributed by atoms with Crippen LogP contribution in [0.3, 0.4) is 0 Å². The number of carbonyl (C=O) groups excluding carboxylic acids is 4. The monoisotopic (exact) mass is 921 g/mol. The van der Waals surface area contributed by atoms with E-state index in [1.54, 1.807) is 11.0 Å². The number of aryl methyl sites for hydroxylation is 1. The van der Waals surface area contributed by atoms with Crippen LogP contribution in [0.4, 0.5) is 4.79 Å². The Balaban J connectivity index is 0.000000334. The lowest BCUT2D eigenvalue weighted by Crippen LogP contribution is -2.58. The van der Waals surface area contributed by atoms with E-state index in [2.05, 4.69) is 58.1 Å². The number of nitrogens with zero attached hydrogens (tertiary/aromatic N) is 4. The summed E-state index contributed by atoms with van der Waals surface area (Å²) in [6, 6.07) is 4.61. The average Bonchev–Trinajstić information content (AvgIpc) is 4.04. The molecule has 16 heteroatoms. The fourth-order valence-corrected chi connectivity index (χ4v) is 12.3. The molecule has 8 rings (SSSR count). The number of aliphatic carboxylic acids is 1. The van der Waals surface area contributed by atoms with E-state index in [0.717, 1.165) is 96.0 Å². The lowest BCUT2D eigenvalue weighted by molar-refractivity contribution is -0.144. The van der Waals surface area contributed by atoms with E-state index < -0.39 is 68.8 Å². The van der Waals surface area contributed by atoms with Crippen LogP contribution in [-0.2, 0) is 53.4 Å². The number of sulfonamides is 1. The average molecular weight is 921 g/mol. The molecule has 65 heavy (non-hydrogen) atoms. The third kappa shape index (κ3) is 11.3. The molecule has 0 spiro atoms. The topological polar surface area (TPSA) is 186 Å². The summed E-state index contributed by atoms with van der Waals surface area (Å²) >= 11 is 0. The van der Waals surface area contributed by atoms with Crippen molar-refractivity contribution in [2.75, 3.05) is 32.7 Å². The van der Waals surface area contributed by atoms with E-state index in [9.17, 15) is 32.4 Å². The van der Waals surface area contributed by atoms with Crippen LogP contribution in [-0.4, -0.2) is 131 Å². The summed E-state index contributed by atoms with van der Waals surface area (Å²) in [5, 5.41) is 11.4. The van der Waals surface area contributed by atoms with E-state index in [1.165, 1.54) is 28.9 Å². The molecule has 358 valence electrons. The maximum absolute atomic E-state index is 14.4. The maximum atomic E-state index is 14.4. The van der Waals surface area contributed by atoms with Crippen molar-refractivity contribution in [2.24, 2.45) is 17.8 Å². The number of amides is 4. The Bertz CT molecular complexity index is 2060. The highest BCUT2D eigenvalue weighted by molar-refractivity contribution is 7.91. The van der Waals surface area contributed by atoms with Gasteiger partial charge in [0.2, 0.25) is 21.8 Å². The summed E-state index contributed by atoms with van der Waals surface area (Å²) in [5.74, 6) is -2.25. The number of carboxylic acid groups (broad SMARTS) is 1. The van der Waals surface area contributed by atoms with E-state index >= 15 is 0 Å². The molecule has 0 radical (unpaired) electrons. The van der Waals surface area contributed by atoms with Gasteiger partial charge in [-0.15, -0.1) is 13.2 Å². The van der Waals surface area contributed by atoms with Gasteiger partial charge in [-0.05, 0) is 125 Å². The molecule has 2 aliphatic carbocycles. The predicted octanol–water partition coefficient (Wildman–Crippen LogP) is 5.52. The third-order valence-electron chi connectivity index (χ3n) is 15.1. The predicted molar refractivity (Wildman–Crippen MR) is 247 cm³/mol. The zero-order valence-electron chi connectivity index (χ0n) is 38.6. The molecule has 5 fully saturated rings. The summed E-state index contributed by atoms with van der Waals surface area (Å²) in [6.07, 6.45) is 16.3. The number of allylic oxidation sites excluding steroid dienone is 1. The van der Waals surface area contributed by atoms with Crippen LogP contribution in [0.2, 0.25) is 0 Å². The summed E-state index contributed by atoms with van der Waals surface area (Å²) in [7, 11) is -3.84. The number of carboxylic acids is 1. The van der Waals surface area contributed by atoms with Gasteiger partial charge in [0.25, 0.3) is 5.91 Å². The smallest absolute Gasteiger partial charge is 0.410 e. The number of hydrogen-bond acceptors (Lipinski definition) is 10. The Labute approximate surface area is 385 Å². The van der Waals surface area contributed by atoms with Crippen LogP contribution in [0.15, 0.2) is 43.5 Å². The molecular formula is C49H72N6O9S. The second-order valence-corrected chi connectivity index (χ2v) is 21.8. The summed E-state index contributed by atoms with van der Waals surface area (Å²) in [5.41, 5.74) is 2.10. The number of unbranched alkanes of at least 4 members (excludes halogenated alkanes) is 3. The normalized spacial score (nSPS) is 30.8. The first kappa shape index (κ1) is 48.6. The van der Waals surface area contributed by atoms with Gasteiger partial charge < -0.3 is 20.1 Å². The first-order valence-electron chi connectivity index (χ1n) is 24.4. The van der Waals surface area contributed by atoms with Crippen molar-refractivity contribution < 1.29 is 42.2 Å². The number of hydrogen-bond donors (Lipinski definition) is 3. The quantitative estimate of drug-likeness (QED) is 0.167. The number of benzene rings is 1. The molecular weight excluding hydrogens is 849 g/mol. The number of rotatable bonds is 13. The van der Waals surface area contributed by atoms with E-state index in [1.807, 2.05) is 13.0 Å². The highest BCUT2D eigenvalue weighted by atomic mass is 32.2. The molecule has 1 aromatic rings. The van der Waals surface area contributed by atoms with Crippen molar-refractivity contribution in [1.82, 2.24) is 29.6 Å². The fourth-order valence-electron chi connectivity index (χ4n) is 10.9. The molecule has 15 nitrogen and oxygen atoms in total. The number of ether oxygens (including phenoxy) is 1. The van der Waals surface area contributed by atoms with Gasteiger partial charge in [0.1, 0.15) is 23.7 Å². The molecule has 0 aromatic heterocycles. The molecule has 8 atom stereocenters. The summed E-state index contributed by atoms with van der Waals surface area (Å²) < 4.78 is 33.5. The molecule has 4 bridgehead atoms. The molecule has 5 heterocycles. The van der Waals surface area contributed by atoms with Crippen LogP contribution in [0.25, 0.3) is 0 Å². The molecule has 5 aliphatic heterocycles. The minimum absolute atomic E-state index is 0.0614. The Morgan fingerprint density at radius 2 is 1.66 bits per heavy atom. The second-order valence-electron chi connectivity index (χ2n) is 19.8. The van der Waals surface area contributed by atoms with Crippen molar-refractivity contribution >= 4 is 39.8 Å². The van der Waals surface area contributed by atoms with Gasteiger partial charge in [-0.25, -0.2) is 13.2 Å². The van der Waals surface area contributed by atoms with Crippen molar-refractivity contribution in [3.63, 3.8) is 0 Å². The van der Waals surface area contributed by atoms with Crippen LogP contribution in [0.5, 0.6) is 0 Å². The maximum Gasteiger partial charge on any atom is 0.410 e. The van der Waals surface area contributed by atoms with Crippen LogP contribution in [0.1, 0.15) is 127 Å². The highest BCUT2D eigenvalue weighted by Gasteiger charge is 2.62. The second kappa shape index (κ2) is 21.1. The lowest BCUT2D eigenvalue weighted by atomic mass is 9.98. The van der Waals surface area contributed by atoms with Crippen LogP contribution < -0.4 is 10.0 Å². The van der Waals surface area contributed by atoms with Gasteiger partial charge in [-0.2, -0.15) is 0 Å². The zero-order valence-corrected chi connectivity index (χ0v) is 39.4. The minimum atomic E-state index is -3.84. The fraction of sp³-hybridized carbons (Fsp3) is 0.694. The van der Waals surface area contributed by atoms with E-state index in [0.29, 0.717) is 31.8 Å². The molecule has 1 aromatic carbocycles. The number of likely N-dealkylation sites (tertiary alicyclic amines) is 1. The van der Waals surface area contributed by atoms with Gasteiger partial charge >= 0.3 is 12.1 Å². The number of nitrogens with one attached hydrogen (secondary N) is 2. The van der Waals surface area contributed by atoms with Gasteiger partial charge in [-0.3, -0.25) is 38.6 Å². The third-order valence-corrected chi connectivity index (χ3v) is 16.9. The van der Waals surface area contributed by atoms with Gasteiger partial charge in [0.15, 0.2) is 0 Å². The minimum Gasteiger partial charge on any atom is -0.480 e. The first-order valence-corrected chi connectivity index (χ1v) is 25.9.